The lowest BCUT2D eigenvalue weighted by Gasteiger charge is -2.28. The molecule has 5 rings (SSSR count). The molecule has 33 heavy (non-hydrogen) atoms. The van der Waals surface area contributed by atoms with Crippen molar-refractivity contribution < 1.29 is 4.92 Å². The van der Waals surface area contributed by atoms with Crippen molar-refractivity contribution in [3.63, 3.8) is 0 Å². The largest absolute Gasteiger partial charge is 0.318 e. The smallest absolute Gasteiger partial charge is 0.288 e. The van der Waals surface area contributed by atoms with E-state index in [1.54, 1.807) is 16.8 Å². The number of nitro benzene ring substituents is 1. The van der Waals surface area contributed by atoms with Gasteiger partial charge in [0, 0.05) is 23.3 Å². The Morgan fingerprint density at radius 3 is 2.58 bits per heavy atom. The molecule has 2 N–H and O–H groups in total. The number of aromatic nitrogens is 6. The van der Waals surface area contributed by atoms with E-state index in [-0.39, 0.29) is 16.8 Å². The van der Waals surface area contributed by atoms with Crippen LogP contribution in [0.5, 0.6) is 0 Å². The minimum atomic E-state index is -0.565. The normalized spacial score (nSPS) is 14.8. The number of nitro groups is 1. The molecule has 4 aromatic rings. The highest BCUT2D eigenvalue weighted by Crippen LogP contribution is 2.41. The van der Waals surface area contributed by atoms with E-state index >= 15 is 0 Å². The van der Waals surface area contributed by atoms with Crippen molar-refractivity contribution in [2.75, 3.05) is 5.32 Å². The first-order valence-corrected chi connectivity index (χ1v) is 10.3. The minimum absolute atomic E-state index is 0.0304. The van der Waals surface area contributed by atoms with Gasteiger partial charge in [-0.1, -0.05) is 62.3 Å². The molecular formula is C22H20N8O3. The lowest BCUT2D eigenvalue weighted by Crippen LogP contribution is -2.29. The maximum atomic E-state index is 12.8. The van der Waals surface area contributed by atoms with Crippen LogP contribution in [-0.4, -0.2) is 35.3 Å². The topological polar surface area (TPSA) is 145 Å². The predicted molar refractivity (Wildman–Crippen MR) is 120 cm³/mol. The molecule has 1 atom stereocenters. The second-order valence-corrected chi connectivity index (χ2v) is 8.84. The van der Waals surface area contributed by atoms with Crippen molar-refractivity contribution in [1.29, 1.82) is 0 Å². The second kappa shape index (κ2) is 7.33. The Labute approximate surface area is 187 Å². The van der Waals surface area contributed by atoms with Crippen molar-refractivity contribution >= 4 is 17.3 Å². The van der Waals surface area contributed by atoms with Crippen LogP contribution in [0, 0.1) is 10.1 Å². The molecule has 0 fully saturated rings. The Bertz CT molecular complexity index is 1430. The molecule has 1 aliphatic heterocycles. The van der Waals surface area contributed by atoms with Crippen molar-refractivity contribution in [3.8, 4) is 11.3 Å². The molecule has 1 unspecified atom stereocenters. The molecule has 0 radical (unpaired) electrons. The number of nitrogens with zero attached hydrogens (tertiary/aromatic N) is 6. The number of anilines is 2. The van der Waals surface area contributed by atoms with Gasteiger partial charge < -0.3 is 5.32 Å². The fraction of sp³-hybridized carbons (Fsp3) is 0.227. The average molecular weight is 444 g/mol. The molecule has 0 amide bonds. The van der Waals surface area contributed by atoms with Crippen molar-refractivity contribution in [2.45, 2.75) is 32.2 Å². The molecule has 3 heterocycles. The van der Waals surface area contributed by atoms with Crippen LogP contribution in [0.3, 0.4) is 0 Å². The van der Waals surface area contributed by atoms with Gasteiger partial charge in [0.15, 0.2) is 0 Å². The van der Waals surface area contributed by atoms with Crippen LogP contribution in [0.4, 0.5) is 17.3 Å². The SMILES string of the molecule is CC(C)(C)c1ccc(C2c3c(-c4cccc([N+](=O)[O-])c4)n[nH]c(=O)c3Nc3nnnn32)cc1. The number of aromatic amines is 1. The first kappa shape index (κ1) is 20.5. The Morgan fingerprint density at radius 2 is 1.88 bits per heavy atom. The molecule has 11 nitrogen and oxygen atoms in total. The molecular weight excluding hydrogens is 424 g/mol. The van der Waals surface area contributed by atoms with Gasteiger partial charge >= 0.3 is 0 Å². The summed E-state index contributed by atoms with van der Waals surface area (Å²) >= 11 is 0. The van der Waals surface area contributed by atoms with E-state index in [0.29, 0.717) is 22.8 Å². The highest BCUT2D eigenvalue weighted by Gasteiger charge is 2.34. The van der Waals surface area contributed by atoms with E-state index in [1.165, 1.54) is 12.1 Å². The second-order valence-electron chi connectivity index (χ2n) is 8.84. The number of rotatable bonds is 3. The van der Waals surface area contributed by atoms with Crippen LogP contribution in [-0.2, 0) is 5.41 Å². The Kier molecular flexibility index (Phi) is 4.55. The van der Waals surface area contributed by atoms with Crippen molar-refractivity contribution in [2.24, 2.45) is 0 Å². The van der Waals surface area contributed by atoms with E-state index < -0.39 is 16.5 Å². The number of benzene rings is 2. The number of nitrogens with one attached hydrogen (secondary N) is 2. The van der Waals surface area contributed by atoms with Crippen LogP contribution in [0.1, 0.15) is 43.5 Å². The first-order chi connectivity index (χ1) is 15.7. The third-order valence-corrected chi connectivity index (χ3v) is 5.69. The van der Waals surface area contributed by atoms with E-state index in [2.05, 4.69) is 51.8 Å². The Morgan fingerprint density at radius 1 is 1.12 bits per heavy atom. The molecule has 0 saturated heterocycles. The summed E-state index contributed by atoms with van der Waals surface area (Å²) in [5.41, 5.74) is 3.12. The van der Waals surface area contributed by atoms with Crippen LogP contribution in [0.2, 0.25) is 0 Å². The fourth-order valence-electron chi connectivity index (χ4n) is 4.00. The van der Waals surface area contributed by atoms with E-state index in [9.17, 15) is 14.9 Å². The number of H-pyrrole nitrogens is 1. The summed E-state index contributed by atoms with van der Waals surface area (Å²) in [6.07, 6.45) is 0. The van der Waals surface area contributed by atoms with Crippen LogP contribution < -0.4 is 10.9 Å². The minimum Gasteiger partial charge on any atom is -0.318 e. The monoisotopic (exact) mass is 444 g/mol. The van der Waals surface area contributed by atoms with Gasteiger partial charge in [-0.05, 0) is 27.0 Å². The number of hydrogen-bond donors (Lipinski definition) is 2. The summed E-state index contributed by atoms with van der Waals surface area (Å²) in [5, 5.41) is 33.0. The number of tetrazole rings is 1. The maximum Gasteiger partial charge on any atom is 0.288 e. The van der Waals surface area contributed by atoms with E-state index in [4.69, 9.17) is 0 Å². The van der Waals surface area contributed by atoms with E-state index in [0.717, 1.165) is 11.1 Å². The zero-order valence-corrected chi connectivity index (χ0v) is 18.1. The highest BCUT2D eigenvalue weighted by atomic mass is 16.6. The third-order valence-electron chi connectivity index (χ3n) is 5.69. The first-order valence-electron chi connectivity index (χ1n) is 10.3. The van der Waals surface area contributed by atoms with Crippen LogP contribution in [0.15, 0.2) is 53.3 Å². The Hall–Kier alpha value is -4.41. The summed E-state index contributed by atoms with van der Waals surface area (Å²) in [6.45, 7) is 6.39. The molecule has 0 bridgehead atoms. The van der Waals surface area contributed by atoms with Crippen LogP contribution >= 0.6 is 0 Å². The molecule has 11 heteroatoms. The molecule has 166 valence electrons. The lowest BCUT2D eigenvalue weighted by molar-refractivity contribution is -0.384. The van der Waals surface area contributed by atoms with Crippen molar-refractivity contribution in [1.82, 2.24) is 30.4 Å². The molecule has 2 aromatic heterocycles. The summed E-state index contributed by atoms with van der Waals surface area (Å²) < 4.78 is 1.58. The highest BCUT2D eigenvalue weighted by molar-refractivity contribution is 5.76. The van der Waals surface area contributed by atoms with E-state index in [1.807, 2.05) is 24.3 Å². The summed E-state index contributed by atoms with van der Waals surface area (Å²) in [6, 6.07) is 13.6. The molecule has 0 aliphatic carbocycles. The quantitative estimate of drug-likeness (QED) is 0.318. The summed E-state index contributed by atoms with van der Waals surface area (Å²) in [4.78, 5) is 23.6. The Balaban J connectivity index is 1.75. The fourth-order valence-corrected chi connectivity index (χ4v) is 4.00. The molecule has 2 aromatic carbocycles. The standard InChI is InChI=1S/C22H20N8O3/c1-22(2,3)14-9-7-12(8-10-14)19-16-17(13-5-4-6-15(11-13)30(32)33)24-25-20(31)18(16)23-21-26-27-28-29(19)21/h4-11,19H,1-3H3,(H,25,31)(H,23,26,28). The number of hydrogen-bond acceptors (Lipinski definition) is 8. The number of non-ortho nitro benzene ring substituents is 1. The van der Waals surface area contributed by atoms with Gasteiger partial charge in [0.05, 0.1) is 10.6 Å². The van der Waals surface area contributed by atoms with Gasteiger partial charge in [-0.2, -0.15) is 9.78 Å². The molecule has 0 saturated carbocycles. The predicted octanol–water partition coefficient (Wildman–Crippen LogP) is 3.32. The maximum absolute atomic E-state index is 12.8. The van der Waals surface area contributed by atoms with Gasteiger partial charge in [-0.3, -0.25) is 14.9 Å². The molecule has 1 aliphatic rings. The van der Waals surface area contributed by atoms with Gasteiger partial charge in [0.25, 0.3) is 11.2 Å². The summed E-state index contributed by atoms with van der Waals surface area (Å²) in [5.74, 6) is 0.314. The average Bonchev–Trinajstić information content (AvgIpc) is 3.26. The van der Waals surface area contributed by atoms with Crippen molar-refractivity contribution in [3.05, 3.63) is 85.7 Å². The zero-order valence-electron chi connectivity index (χ0n) is 18.1. The van der Waals surface area contributed by atoms with Gasteiger partial charge in [0.2, 0.25) is 5.95 Å². The summed E-state index contributed by atoms with van der Waals surface area (Å²) in [7, 11) is 0. The lowest BCUT2D eigenvalue weighted by atomic mass is 9.85. The number of fused-ring (bicyclic) bond motifs is 2. The zero-order chi connectivity index (χ0) is 23.3. The van der Waals surface area contributed by atoms with Gasteiger partial charge in [-0.25, -0.2) is 5.10 Å². The van der Waals surface area contributed by atoms with Gasteiger partial charge in [0.1, 0.15) is 11.7 Å². The molecule has 0 spiro atoms. The van der Waals surface area contributed by atoms with Crippen LogP contribution in [0.25, 0.3) is 11.3 Å². The third kappa shape index (κ3) is 3.43. The van der Waals surface area contributed by atoms with Gasteiger partial charge in [-0.15, -0.1) is 0 Å².